The molecule has 5 rings (SSSR count). The summed E-state index contributed by atoms with van der Waals surface area (Å²) in [4.78, 5) is 21.9. The van der Waals surface area contributed by atoms with Crippen LogP contribution in [0.5, 0.6) is 17.2 Å². The molecule has 9 nitrogen and oxygen atoms in total. The van der Waals surface area contributed by atoms with Gasteiger partial charge in [0.2, 0.25) is 5.75 Å². The van der Waals surface area contributed by atoms with Crippen LogP contribution in [0.3, 0.4) is 0 Å². The van der Waals surface area contributed by atoms with Crippen LogP contribution in [-0.2, 0) is 0 Å². The number of aromatic nitrogens is 2. The van der Waals surface area contributed by atoms with Gasteiger partial charge in [-0.05, 0) is 30.7 Å². The minimum atomic E-state index is -0.321. The van der Waals surface area contributed by atoms with E-state index in [1.807, 2.05) is 22.7 Å². The molecule has 0 bridgehead atoms. The number of benzene rings is 2. The number of methoxy groups -OCH3 is 3. The highest BCUT2D eigenvalue weighted by atomic mass is 19.1. The SMILES string of the molecule is COc1cc(NC(=O)N2CCCN(c3nc4cc(F)ccc4n4cccc34)CC2)cc(OC)c1OC. The van der Waals surface area contributed by atoms with Crippen LogP contribution in [0.2, 0.25) is 0 Å². The van der Waals surface area contributed by atoms with Crippen molar-refractivity contribution >= 4 is 34.1 Å². The predicted octanol–water partition coefficient (Wildman–Crippen LogP) is 4.40. The number of nitrogens with one attached hydrogen (secondary N) is 1. The van der Waals surface area contributed by atoms with E-state index in [-0.39, 0.29) is 11.8 Å². The number of urea groups is 1. The molecule has 0 radical (unpaired) electrons. The second-order valence-corrected chi connectivity index (χ2v) is 8.50. The van der Waals surface area contributed by atoms with Crippen molar-refractivity contribution in [1.82, 2.24) is 14.3 Å². The molecule has 2 aromatic heterocycles. The molecule has 0 atom stereocenters. The summed E-state index contributed by atoms with van der Waals surface area (Å²) in [5.74, 6) is 1.85. The summed E-state index contributed by atoms with van der Waals surface area (Å²) in [5, 5.41) is 2.94. The summed E-state index contributed by atoms with van der Waals surface area (Å²) in [5.41, 5.74) is 2.93. The Bertz CT molecular complexity index is 1400. The number of halogens is 1. The van der Waals surface area contributed by atoms with Crippen LogP contribution in [0, 0.1) is 5.82 Å². The Morgan fingerprint density at radius 3 is 2.44 bits per heavy atom. The van der Waals surface area contributed by atoms with Gasteiger partial charge in [-0.2, -0.15) is 0 Å². The first-order valence-electron chi connectivity index (χ1n) is 11.7. The third-order valence-electron chi connectivity index (χ3n) is 6.40. The van der Waals surface area contributed by atoms with Gasteiger partial charge in [0.1, 0.15) is 5.82 Å². The minimum absolute atomic E-state index is 0.215. The van der Waals surface area contributed by atoms with E-state index in [2.05, 4.69) is 10.2 Å². The molecular formula is C26H28FN5O4. The molecule has 1 aliphatic heterocycles. The minimum Gasteiger partial charge on any atom is -0.493 e. The molecule has 2 amide bonds. The Kier molecular flexibility index (Phi) is 6.41. The van der Waals surface area contributed by atoms with Gasteiger partial charge in [-0.25, -0.2) is 14.2 Å². The number of ether oxygens (including phenoxy) is 3. The van der Waals surface area contributed by atoms with Gasteiger partial charge < -0.3 is 33.7 Å². The van der Waals surface area contributed by atoms with Gasteiger partial charge in [0.15, 0.2) is 17.3 Å². The fourth-order valence-corrected chi connectivity index (χ4v) is 4.66. The van der Waals surface area contributed by atoms with Crippen molar-refractivity contribution in [3.05, 3.63) is 54.5 Å². The molecule has 1 aliphatic rings. The Balaban J connectivity index is 1.35. The lowest BCUT2D eigenvalue weighted by molar-refractivity contribution is 0.215. The summed E-state index contributed by atoms with van der Waals surface area (Å²) in [6.45, 7) is 2.41. The smallest absolute Gasteiger partial charge is 0.321 e. The molecule has 0 aliphatic carbocycles. The monoisotopic (exact) mass is 493 g/mol. The fraction of sp³-hybridized carbons (Fsp3) is 0.308. The molecule has 0 spiro atoms. The molecule has 0 unspecified atom stereocenters. The molecule has 2 aromatic carbocycles. The number of amides is 2. The number of carbonyl (C=O) groups excluding carboxylic acids is 1. The Morgan fingerprint density at radius 1 is 0.944 bits per heavy atom. The molecule has 4 aromatic rings. The van der Waals surface area contributed by atoms with E-state index in [9.17, 15) is 9.18 Å². The van der Waals surface area contributed by atoms with Gasteiger partial charge in [-0.1, -0.05) is 0 Å². The van der Waals surface area contributed by atoms with Gasteiger partial charge in [-0.15, -0.1) is 0 Å². The quantitative estimate of drug-likeness (QED) is 0.444. The molecule has 0 saturated carbocycles. The van der Waals surface area contributed by atoms with Gasteiger partial charge in [-0.3, -0.25) is 0 Å². The topological polar surface area (TPSA) is 80.6 Å². The number of carbonyl (C=O) groups is 1. The molecule has 1 fully saturated rings. The van der Waals surface area contributed by atoms with Crippen molar-refractivity contribution in [3.8, 4) is 17.2 Å². The number of fused-ring (bicyclic) bond motifs is 3. The van der Waals surface area contributed by atoms with Gasteiger partial charge in [0.25, 0.3) is 0 Å². The number of nitrogens with zero attached hydrogens (tertiary/aromatic N) is 4. The average molecular weight is 494 g/mol. The normalized spacial score (nSPS) is 14.1. The highest BCUT2D eigenvalue weighted by Gasteiger charge is 2.23. The maximum Gasteiger partial charge on any atom is 0.321 e. The maximum absolute atomic E-state index is 13.9. The van der Waals surface area contributed by atoms with Crippen molar-refractivity contribution in [2.45, 2.75) is 6.42 Å². The first kappa shape index (κ1) is 23.5. The highest BCUT2D eigenvalue weighted by molar-refractivity contribution is 5.90. The zero-order valence-electron chi connectivity index (χ0n) is 20.5. The Morgan fingerprint density at radius 2 is 1.72 bits per heavy atom. The van der Waals surface area contributed by atoms with Crippen molar-refractivity contribution < 1.29 is 23.4 Å². The van der Waals surface area contributed by atoms with Crippen LogP contribution in [0.4, 0.5) is 20.7 Å². The zero-order valence-corrected chi connectivity index (χ0v) is 20.5. The van der Waals surface area contributed by atoms with Crippen molar-refractivity contribution in [2.24, 2.45) is 0 Å². The van der Waals surface area contributed by atoms with Crippen molar-refractivity contribution in [3.63, 3.8) is 0 Å². The van der Waals surface area contributed by atoms with Crippen LogP contribution in [-0.4, -0.2) is 67.8 Å². The second-order valence-electron chi connectivity index (χ2n) is 8.50. The first-order valence-corrected chi connectivity index (χ1v) is 11.7. The van der Waals surface area contributed by atoms with Crippen LogP contribution in [0.15, 0.2) is 48.7 Å². The molecule has 36 heavy (non-hydrogen) atoms. The van der Waals surface area contributed by atoms with E-state index in [1.165, 1.54) is 33.5 Å². The highest BCUT2D eigenvalue weighted by Crippen LogP contribution is 2.40. The lowest BCUT2D eigenvalue weighted by atomic mass is 10.2. The van der Waals surface area contributed by atoms with E-state index in [0.29, 0.717) is 48.1 Å². The molecular weight excluding hydrogens is 465 g/mol. The number of hydrogen-bond acceptors (Lipinski definition) is 6. The number of anilines is 2. The third-order valence-corrected chi connectivity index (χ3v) is 6.40. The molecule has 1 N–H and O–H groups in total. The molecule has 188 valence electrons. The number of rotatable bonds is 5. The second kappa shape index (κ2) is 9.80. The Labute approximate surface area is 208 Å². The van der Waals surface area contributed by atoms with E-state index >= 15 is 0 Å². The van der Waals surface area contributed by atoms with E-state index in [1.54, 1.807) is 23.1 Å². The van der Waals surface area contributed by atoms with Crippen LogP contribution >= 0.6 is 0 Å². The van der Waals surface area contributed by atoms with Gasteiger partial charge in [0, 0.05) is 50.6 Å². The lowest BCUT2D eigenvalue weighted by Gasteiger charge is -2.24. The lowest BCUT2D eigenvalue weighted by Crippen LogP contribution is -2.38. The summed E-state index contributed by atoms with van der Waals surface area (Å²) in [6, 6.07) is 11.8. The number of hydrogen-bond donors (Lipinski definition) is 1. The van der Waals surface area contributed by atoms with E-state index < -0.39 is 0 Å². The van der Waals surface area contributed by atoms with E-state index in [0.717, 1.165) is 29.8 Å². The van der Waals surface area contributed by atoms with Crippen molar-refractivity contribution in [2.75, 3.05) is 57.7 Å². The van der Waals surface area contributed by atoms with Gasteiger partial charge >= 0.3 is 6.03 Å². The maximum atomic E-state index is 13.9. The third kappa shape index (κ3) is 4.30. The fourth-order valence-electron chi connectivity index (χ4n) is 4.66. The molecule has 1 saturated heterocycles. The van der Waals surface area contributed by atoms with E-state index in [4.69, 9.17) is 19.2 Å². The first-order chi connectivity index (χ1) is 17.5. The van der Waals surface area contributed by atoms with Gasteiger partial charge in [0.05, 0.1) is 43.6 Å². The summed E-state index contributed by atoms with van der Waals surface area (Å²) < 4.78 is 32.1. The summed E-state index contributed by atoms with van der Waals surface area (Å²) in [7, 11) is 4.59. The summed E-state index contributed by atoms with van der Waals surface area (Å²) in [6.07, 6.45) is 2.72. The summed E-state index contributed by atoms with van der Waals surface area (Å²) >= 11 is 0. The largest absolute Gasteiger partial charge is 0.493 e. The van der Waals surface area contributed by atoms with Crippen molar-refractivity contribution in [1.29, 1.82) is 0 Å². The zero-order chi connectivity index (χ0) is 25.2. The van der Waals surface area contributed by atoms with Crippen LogP contribution < -0.4 is 24.4 Å². The Hall–Kier alpha value is -4.21. The van der Waals surface area contributed by atoms with Crippen LogP contribution in [0.25, 0.3) is 16.6 Å². The molecule has 10 heteroatoms. The van der Waals surface area contributed by atoms with Crippen LogP contribution in [0.1, 0.15) is 6.42 Å². The predicted molar refractivity (Wildman–Crippen MR) is 136 cm³/mol. The standard InChI is InChI=1S/C26H28FN5O4/c1-34-22-15-18(16-23(35-2)24(22)36-3)28-26(33)31-10-5-9-30(12-13-31)25-21-6-4-11-32(21)20-8-7-17(27)14-19(20)29-25/h4,6-8,11,14-16H,5,9-10,12-13H2,1-3H3,(H,28,33). The molecule has 3 heterocycles. The average Bonchev–Trinajstić information content (AvgIpc) is 3.25.